The topological polar surface area (TPSA) is 105 Å². The van der Waals surface area contributed by atoms with Gasteiger partial charge >= 0.3 is 0 Å². The first-order valence-corrected chi connectivity index (χ1v) is 12.2. The number of rotatable bonds is 6. The Morgan fingerprint density at radius 2 is 1.87 bits per heavy atom. The molecule has 1 aliphatic carbocycles. The van der Waals surface area contributed by atoms with E-state index in [4.69, 9.17) is 4.52 Å². The molecule has 1 saturated heterocycles. The number of piperidine rings is 1. The van der Waals surface area contributed by atoms with Gasteiger partial charge in [-0.05, 0) is 37.3 Å². The minimum atomic E-state index is -3.52. The van der Waals surface area contributed by atoms with Gasteiger partial charge in [-0.1, -0.05) is 48.3 Å². The van der Waals surface area contributed by atoms with Gasteiger partial charge in [0.1, 0.15) is 5.54 Å². The molecule has 2 heterocycles. The van der Waals surface area contributed by atoms with E-state index in [1.54, 1.807) is 13.0 Å². The van der Waals surface area contributed by atoms with Crippen LogP contribution in [-0.2, 0) is 20.4 Å². The van der Waals surface area contributed by atoms with Crippen molar-refractivity contribution in [1.82, 2.24) is 19.8 Å². The molecular formula is C22H28N4O4S. The maximum absolute atomic E-state index is 13.0. The molecule has 1 aromatic carbocycles. The number of carbonyl (C=O) groups excluding carboxylic acids is 1. The Labute approximate surface area is 182 Å². The lowest BCUT2D eigenvalue weighted by atomic mass is 9.92. The van der Waals surface area contributed by atoms with Gasteiger partial charge in [-0.15, -0.1) is 0 Å². The first-order valence-electron chi connectivity index (χ1n) is 10.7. The molecule has 4 rings (SSSR count). The van der Waals surface area contributed by atoms with Gasteiger partial charge < -0.3 is 9.84 Å². The van der Waals surface area contributed by atoms with Gasteiger partial charge in [0.2, 0.25) is 21.8 Å². The van der Waals surface area contributed by atoms with Crippen molar-refractivity contribution in [3.8, 4) is 0 Å². The van der Waals surface area contributed by atoms with Gasteiger partial charge in [0, 0.05) is 31.3 Å². The molecule has 0 spiro atoms. The van der Waals surface area contributed by atoms with Crippen LogP contribution in [0.15, 0.2) is 40.3 Å². The summed E-state index contributed by atoms with van der Waals surface area (Å²) in [5.41, 5.74) is 0.259. The summed E-state index contributed by atoms with van der Waals surface area (Å²) in [6.07, 6.45) is 6.16. The fourth-order valence-electron chi connectivity index (χ4n) is 4.40. The summed E-state index contributed by atoms with van der Waals surface area (Å²) in [4.78, 5) is 17.4. The Hall–Kier alpha value is -2.52. The Kier molecular flexibility index (Phi) is 6.24. The van der Waals surface area contributed by atoms with Crippen LogP contribution < -0.4 is 5.32 Å². The number of nitrogens with zero attached hydrogens (tertiary/aromatic N) is 3. The standard InChI is InChI=1S/C22H28N4O4S/c1-17-23-21(25-30-17)22(12-5-6-13-22)24-20(27)19-9-14-26(15-10-19)31(28,29)16-11-18-7-3-2-4-8-18/h2-4,7-8,11,16,19H,5-6,9-10,12-15H2,1H3,(H,24,27)/b16-11+. The van der Waals surface area contributed by atoms with Crippen LogP contribution in [0, 0.1) is 12.8 Å². The van der Waals surface area contributed by atoms with E-state index >= 15 is 0 Å². The number of amides is 1. The zero-order valence-electron chi connectivity index (χ0n) is 17.7. The molecule has 166 valence electrons. The van der Waals surface area contributed by atoms with Gasteiger partial charge in [0.25, 0.3) is 0 Å². The molecule has 1 N–H and O–H groups in total. The summed E-state index contributed by atoms with van der Waals surface area (Å²) >= 11 is 0. The fourth-order valence-corrected chi connectivity index (χ4v) is 5.62. The van der Waals surface area contributed by atoms with Gasteiger partial charge in [-0.3, -0.25) is 4.79 Å². The van der Waals surface area contributed by atoms with Crippen molar-refractivity contribution in [2.45, 2.75) is 51.0 Å². The molecule has 0 radical (unpaired) electrons. The third kappa shape index (κ3) is 4.88. The Bertz CT molecular complexity index is 1030. The monoisotopic (exact) mass is 444 g/mol. The molecule has 1 aliphatic heterocycles. The summed E-state index contributed by atoms with van der Waals surface area (Å²) in [5, 5.41) is 8.49. The van der Waals surface area contributed by atoms with E-state index in [2.05, 4.69) is 15.5 Å². The van der Waals surface area contributed by atoms with Crippen LogP contribution in [0.3, 0.4) is 0 Å². The van der Waals surface area contributed by atoms with Crippen molar-refractivity contribution < 1.29 is 17.7 Å². The zero-order chi connectivity index (χ0) is 21.9. The molecule has 1 aromatic heterocycles. The number of hydrogen-bond donors (Lipinski definition) is 1. The predicted molar refractivity (Wildman–Crippen MR) is 116 cm³/mol. The third-order valence-corrected chi connectivity index (χ3v) is 7.76. The highest BCUT2D eigenvalue weighted by molar-refractivity contribution is 7.92. The molecule has 1 amide bonds. The molecule has 31 heavy (non-hydrogen) atoms. The Balaban J connectivity index is 1.37. The van der Waals surface area contributed by atoms with Crippen LogP contribution in [0.25, 0.3) is 6.08 Å². The molecule has 8 nitrogen and oxygen atoms in total. The minimum Gasteiger partial charge on any atom is -0.343 e. The average molecular weight is 445 g/mol. The molecule has 0 bridgehead atoms. The van der Waals surface area contributed by atoms with Crippen LogP contribution in [-0.4, -0.2) is 41.9 Å². The lowest BCUT2D eigenvalue weighted by Gasteiger charge is -2.33. The van der Waals surface area contributed by atoms with Crippen molar-refractivity contribution in [3.63, 3.8) is 0 Å². The van der Waals surface area contributed by atoms with Crippen molar-refractivity contribution in [3.05, 3.63) is 53.0 Å². The highest BCUT2D eigenvalue weighted by atomic mass is 32.2. The second-order valence-corrected chi connectivity index (χ2v) is 10.2. The highest BCUT2D eigenvalue weighted by Crippen LogP contribution is 2.38. The summed E-state index contributed by atoms with van der Waals surface area (Å²) < 4.78 is 31.9. The molecule has 2 aliphatic rings. The van der Waals surface area contributed by atoms with Crippen LogP contribution in [0.2, 0.25) is 0 Å². The van der Waals surface area contributed by atoms with E-state index in [0.29, 0.717) is 37.6 Å². The van der Waals surface area contributed by atoms with Crippen LogP contribution in [0.4, 0.5) is 0 Å². The average Bonchev–Trinajstić information content (AvgIpc) is 3.43. The second-order valence-electron chi connectivity index (χ2n) is 8.35. The SMILES string of the molecule is Cc1nc(C2(NC(=O)C3CCN(S(=O)(=O)/C=C/c4ccccc4)CC3)CCCC2)no1. The van der Waals surface area contributed by atoms with E-state index in [1.165, 1.54) is 9.71 Å². The number of nitrogens with one attached hydrogen (secondary N) is 1. The third-order valence-electron chi connectivity index (χ3n) is 6.19. The van der Waals surface area contributed by atoms with E-state index in [0.717, 1.165) is 31.2 Å². The first-order chi connectivity index (χ1) is 14.9. The van der Waals surface area contributed by atoms with E-state index < -0.39 is 15.6 Å². The maximum Gasteiger partial charge on any atom is 0.236 e. The molecule has 9 heteroatoms. The molecule has 1 saturated carbocycles. The first kappa shape index (κ1) is 21.7. The maximum atomic E-state index is 13.0. The lowest BCUT2D eigenvalue weighted by Crippen LogP contribution is -2.49. The Morgan fingerprint density at radius 3 is 2.48 bits per heavy atom. The number of aromatic nitrogens is 2. The molecule has 2 aromatic rings. The molecular weight excluding hydrogens is 416 g/mol. The summed E-state index contributed by atoms with van der Waals surface area (Å²) in [5.74, 6) is 0.746. The Morgan fingerprint density at radius 1 is 1.19 bits per heavy atom. The van der Waals surface area contributed by atoms with Crippen LogP contribution >= 0.6 is 0 Å². The van der Waals surface area contributed by atoms with E-state index in [1.807, 2.05) is 30.3 Å². The van der Waals surface area contributed by atoms with Crippen LogP contribution in [0.5, 0.6) is 0 Å². The number of sulfonamides is 1. The van der Waals surface area contributed by atoms with Crippen LogP contribution in [0.1, 0.15) is 55.8 Å². The number of benzene rings is 1. The highest BCUT2D eigenvalue weighted by Gasteiger charge is 2.43. The zero-order valence-corrected chi connectivity index (χ0v) is 18.5. The summed E-state index contributed by atoms with van der Waals surface area (Å²) in [6.45, 7) is 2.39. The van der Waals surface area contributed by atoms with Crippen molar-refractivity contribution >= 4 is 22.0 Å². The minimum absolute atomic E-state index is 0.0544. The van der Waals surface area contributed by atoms with Crippen molar-refractivity contribution in [2.24, 2.45) is 5.92 Å². The van der Waals surface area contributed by atoms with Gasteiger partial charge in [-0.25, -0.2) is 8.42 Å². The van der Waals surface area contributed by atoms with Gasteiger partial charge in [0.05, 0.1) is 0 Å². The quantitative estimate of drug-likeness (QED) is 0.734. The van der Waals surface area contributed by atoms with E-state index in [-0.39, 0.29) is 11.8 Å². The molecule has 2 fully saturated rings. The van der Waals surface area contributed by atoms with Gasteiger partial charge in [0.15, 0.2) is 5.82 Å². The number of carbonyl (C=O) groups is 1. The second kappa shape index (κ2) is 8.92. The molecule has 0 unspecified atom stereocenters. The number of hydrogen-bond acceptors (Lipinski definition) is 6. The van der Waals surface area contributed by atoms with Crippen molar-refractivity contribution in [1.29, 1.82) is 0 Å². The summed E-state index contributed by atoms with van der Waals surface area (Å²) in [7, 11) is -3.52. The van der Waals surface area contributed by atoms with E-state index in [9.17, 15) is 13.2 Å². The predicted octanol–water partition coefficient (Wildman–Crippen LogP) is 2.98. The lowest BCUT2D eigenvalue weighted by molar-refractivity contribution is -0.128. The number of aryl methyl sites for hydroxylation is 1. The normalized spacial score (nSPS) is 20.3. The fraction of sp³-hybridized carbons (Fsp3) is 0.500. The van der Waals surface area contributed by atoms with Crippen molar-refractivity contribution in [2.75, 3.05) is 13.1 Å². The van der Waals surface area contributed by atoms with Gasteiger partial charge in [-0.2, -0.15) is 9.29 Å². The summed E-state index contributed by atoms with van der Waals surface area (Å²) in [6, 6.07) is 9.32. The molecule has 0 atom stereocenters. The smallest absolute Gasteiger partial charge is 0.236 e. The largest absolute Gasteiger partial charge is 0.343 e.